The van der Waals surface area contributed by atoms with Crippen molar-refractivity contribution < 1.29 is 22.7 Å². The zero-order valence-corrected chi connectivity index (χ0v) is 12.2. The van der Waals surface area contributed by atoms with E-state index in [0.29, 0.717) is 11.3 Å². The molecular formula is C15H15FO4S. The molecule has 2 rings (SSSR count). The summed E-state index contributed by atoms with van der Waals surface area (Å²) >= 11 is 0. The van der Waals surface area contributed by atoms with Gasteiger partial charge in [-0.15, -0.1) is 0 Å². The van der Waals surface area contributed by atoms with E-state index < -0.39 is 32.4 Å². The average molecular weight is 310 g/mol. The normalized spacial score (nSPS) is 12.9. The number of rotatable bonds is 5. The molecule has 1 unspecified atom stereocenters. The standard InChI is InChI=1S/C15H15FO4S/c1-20-12-8-6-11(7-9-12)14(17)10-21(18,19)15-5-3-2-4-13(15)16/h2-9,14,17H,10H2,1H3. The summed E-state index contributed by atoms with van der Waals surface area (Å²) in [7, 11) is -2.40. The lowest BCUT2D eigenvalue weighted by Crippen LogP contribution is -2.16. The number of methoxy groups -OCH3 is 1. The number of sulfone groups is 1. The van der Waals surface area contributed by atoms with Crippen molar-refractivity contribution in [2.24, 2.45) is 0 Å². The summed E-state index contributed by atoms with van der Waals surface area (Å²) in [5.74, 6) is -0.803. The van der Waals surface area contributed by atoms with Gasteiger partial charge >= 0.3 is 0 Å². The van der Waals surface area contributed by atoms with Gasteiger partial charge < -0.3 is 9.84 Å². The second-order valence-corrected chi connectivity index (χ2v) is 6.50. The first-order chi connectivity index (χ1) is 9.94. The quantitative estimate of drug-likeness (QED) is 0.920. The SMILES string of the molecule is COc1ccc(C(O)CS(=O)(=O)c2ccccc2F)cc1. The van der Waals surface area contributed by atoms with Crippen molar-refractivity contribution in [2.45, 2.75) is 11.0 Å². The number of aliphatic hydroxyl groups excluding tert-OH is 1. The fourth-order valence-corrected chi connectivity index (χ4v) is 3.36. The van der Waals surface area contributed by atoms with E-state index in [1.807, 2.05) is 0 Å². The third-order valence-electron chi connectivity index (χ3n) is 3.05. The molecule has 0 spiro atoms. The van der Waals surface area contributed by atoms with Gasteiger partial charge in [-0.3, -0.25) is 0 Å². The third-order valence-corrected chi connectivity index (χ3v) is 4.81. The highest BCUT2D eigenvalue weighted by Crippen LogP contribution is 2.23. The molecule has 0 heterocycles. The third kappa shape index (κ3) is 3.59. The van der Waals surface area contributed by atoms with Gasteiger partial charge in [-0.1, -0.05) is 24.3 Å². The van der Waals surface area contributed by atoms with Crippen LogP contribution in [-0.4, -0.2) is 26.4 Å². The van der Waals surface area contributed by atoms with Crippen LogP contribution in [-0.2, 0) is 9.84 Å². The van der Waals surface area contributed by atoms with Crippen LogP contribution in [0.2, 0.25) is 0 Å². The highest BCUT2D eigenvalue weighted by Gasteiger charge is 2.23. The Morgan fingerprint density at radius 1 is 1.14 bits per heavy atom. The second kappa shape index (κ2) is 6.24. The van der Waals surface area contributed by atoms with Crippen molar-refractivity contribution in [3.8, 4) is 5.75 Å². The molecule has 0 amide bonds. The van der Waals surface area contributed by atoms with Crippen molar-refractivity contribution in [3.63, 3.8) is 0 Å². The number of hydrogen-bond acceptors (Lipinski definition) is 4. The molecule has 4 nitrogen and oxygen atoms in total. The Morgan fingerprint density at radius 3 is 2.33 bits per heavy atom. The summed E-state index contributed by atoms with van der Waals surface area (Å²) in [5, 5.41) is 10.0. The molecule has 21 heavy (non-hydrogen) atoms. The molecule has 1 atom stereocenters. The van der Waals surface area contributed by atoms with E-state index in [1.54, 1.807) is 24.3 Å². The lowest BCUT2D eigenvalue weighted by atomic mass is 10.1. The zero-order chi connectivity index (χ0) is 15.5. The molecule has 112 valence electrons. The smallest absolute Gasteiger partial charge is 0.184 e. The van der Waals surface area contributed by atoms with Crippen molar-refractivity contribution in [3.05, 3.63) is 59.9 Å². The highest BCUT2D eigenvalue weighted by atomic mass is 32.2. The summed E-state index contributed by atoms with van der Waals surface area (Å²) in [6.07, 6.45) is -1.24. The molecule has 2 aromatic carbocycles. The number of benzene rings is 2. The monoisotopic (exact) mass is 310 g/mol. The van der Waals surface area contributed by atoms with Gasteiger partial charge in [0, 0.05) is 0 Å². The first-order valence-electron chi connectivity index (χ1n) is 6.23. The van der Waals surface area contributed by atoms with Gasteiger partial charge in [0.25, 0.3) is 0 Å². The summed E-state index contributed by atoms with van der Waals surface area (Å²) < 4.78 is 42.8. The van der Waals surface area contributed by atoms with Crippen molar-refractivity contribution in [2.75, 3.05) is 12.9 Å². The summed E-state index contributed by atoms with van der Waals surface area (Å²) in [4.78, 5) is -0.405. The second-order valence-electron chi connectivity index (χ2n) is 4.50. The van der Waals surface area contributed by atoms with Crippen molar-refractivity contribution in [1.29, 1.82) is 0 Å². The van der Waals surface area contributed by atoms with E-state index >= 15 is 0 Å². The molecule has 0 bridgehead atoms. The topological polar surface area (TPSA) is 63.6 Å². The van der Waals surface area contributed by atoms with E-state index in [1.165, 1.54) is 25.3 Å². The van der Waals surface area contributed by atoms with Crippen LogP contribution in [0.1, 0.15) is 11.7 Å². The van der Waals surface area contributed by atoms with Crippen LogP contribution >= 0.6 is 0 Å². The average Bonchev–Trinajstić information content (AvgIpc) is 2.47. The minimum Gasteiger partial charge on any atom is -0.497 e. The zero-order valence-electron chi connectivity index (χ0n) is 11.4. The molecule has 0 aliphatic heterocycles. The highest BCUT2D eigenvalue weighted by molar-refractivity contribution is 7.91. The van der Waals surface area contributed by atoms with E-state index in [9.17, 15) is 17.9 Å². The number of hydrogen-bond donors (Lipinski definition) is 1. The summed E-state index contributed by atoms with van der Waals surface area (Å²) in [6, 6.07) is 11.5. The lowest BCUT2D eigenvalue weighted by molar-refractivity contribution is 0.201. The van der Waals surface area contributed by atoms with Gasteiger partial charge in [0.1, 0.15) is 16.5 Å². The summed E-state index contributed by atoms with van der Waals surface area (Å²) in [6.45, 7) is 0. The van der Waals surface area contributed by atoms with Gasteiger partial charge in [-0.05, 0) is 29.8 Å². The molecule has 0 aliphatic carbocycles. The number of halogens is 1. The Kier molecular flexibility index (Phi) is 4.59. The van der Waals surface area contributed by atoms with E-state index in [0.717, 1.165) is 6.07 Å². The minimum atomic E-state index is -3.91. The van der Waals surface area contributed by atoms with Crippen LogP contribution in [0.4, 0.5) is 4.39 Å². The predicted octanol–water partition coefficient (Wildman–Crippen LogP) is 2.34. The van der Waals surface area contributed by atoms with E-state index in [4.69, 9.17) is 4.74 Å². The van der Waals surface area contributed by atoms with Gasteiger partial charge in [-0.2, -0.15) is 0 Å². The van der Waals surface area contributed by atoms with Crippen LogP contribution in [0.25, 0.3) is 0 Å². The lowest BCUT2D eigenvalue weighted by Gasteiger charge is -2.12. The first-order valence-corrected chi connectivity index (χ1v) is 7.88. The molecule has 0 aromatic heterocycles. The minimum absolute atomic E-state index is 0.405. The maximum absolute atomic E-state index is 13.6. The molecule has 0 aliphatic rings. The Labute approximate surface area is 122 Å². The van der Waals surface area contributed by atoms with Gasteiger partial charge in [-0.25, -0.2) is 12.8 Å². The Morgan fingerprint density at radius 2 is 1.76 bits per heavy atom. The first kappa shape index (κ1) is 15.5. The molecule has 0 saturated heterocycles. The predicted molar refractivity (Wildman–Crippen MR) is 76.4 cm³/mol. The van der Waals surface area contributed by atoms with Crippen molar-refractivity contribution in [1.82, 2.24) is 0 Å². The molecule has 0 radical (unpaired) electrons. The van der Waals surface area contributed by atoms with Crippen LogP contribution < -0.4 is 4.74 Å². The van der Waals surface area contributed by atoms with Crippen molar-refractivity contribution >= 4 is 9.84 Å². The Bertz CT molecular complexity index is 711. The Balaban J connectivity index is 2.21. The van der Waals surface area contributed by atoms with Crippen LogP contribution in [0.3, 0.4) is 0 Å². The molecule has 0 fully saturated rings. The van der Waals surface area contributed by atoms with Gasteiger partial charge in [0.2, 0.25) is 0 Å². The number of aliphatic hydroxyl groups is 1. The maximum Gasteiger partial charge on any atom is 0.184 e. The van der Waals surface area contributed by atoms with E-state index in [-0.39, 0.29) is 0 Å². The van der Waals surface area contributed by atoms with Crippen LogP contribution in [0, 0.1) is 5.82 Å². The fourth-order valence-electron chi connectivity index (χ4n) is 1.92. The molecule has 1 N–H and O–H groups in total. The number of ether oxygens (including phenoxy) is 1. The maximum atomic E-state index is 13.6. The van der Waals surface area contributed by atoms with Gasteiger partial charge in [0.05, 0.1) is 19.0 Å². The molecule has 6 heteroatoms. The molecule has 0 saturated carbocycles. The molecule has 2 aromatic rings. The summed E-state index contributed by atoms with van der Waals surface area (Å²) in [5.41, 5.74) is 0.427. The van der Waals surface area contributed by atoms with E-state index in [2.05, 4.69) is 0 Å². The van der Waals surface area contributed by atoms with Crippen LogP contribution in [0.5, 0.6) is 5.75 Å². The Hall–Kier alpha value is -1.92. The fraction of sp³-hybridized carbons (Fsp3) is 0.200. The molecular weight excluding hydrogens is 295 g/mol. The largest absolute Gasteiger partial charge is 0.497 e. The van der Waals surface area contributed by atoms with Crippen LogP contribution in [0.15, 0.2) is 53.4 Å². The van der Waals surface area contributed by atoms with Gasteiger partial charge in [0.15, 0.2) is 9.84 Å².